The van der Waals surface area contributed by atoms with Crippen LogP contribution < -0.4 is 37.2 Å². The van der Waals surface area contributed by atoms with Crippen LogP contribution in [0, 0.1) is 5.92 Å². The Morgan fingerprint density at radius 1 is 0.537 bits per heavy atom. The predicted molar refractivity (Wildman–Crippen MR) is 167 cm³/mol. The van der Waals surface area contributed by atoms with Crippen molar-refractivity contribution in [3.8, 4) is 0 Å². The average Bonchev–Trinajstić information content (AvgIpc) is 2.91. The second kappa shape index (κ2) is 26.8. The van der Waals surface area contributed by atoms with Crippen molar-refractivity contribution < 1.29 is 19.2 Å². The molecule has 4 unspecified atom stereocenters. The Labute approximate surface area is 249 Å². The summed E-state index contributed by atoms with van der Waals surface area (Å²) in [5, 5.41) is 21.6. The Hall–Kier alpha value is -2.08. The molecule has 7 N–H and O–H groups in total. The number of hydrogen-bond donors (Lipinski definition) is 7. The fraction of sp³-hybridized carbons (Fsp3) is 0.867. The monoisotopic (exact) mass is 583 g/mol. The molecule has 0 aromatic heterocycles. The van der Waals surface area contributed by atoms with Crippen LogP contribution >= 0.6 is 0 Å². The van der Waals surface area contributed by atoms with Crippen LogP contribution in [0.5, 0.6) is 0 Å². The maximum Gasteiger partial charge on any atom is 0.222 e. The third-order valence-corrected chi connectivity index (χ3v) is 7.19. The molecule has 11 nitrogen and oxygen atoms in total. The first-order valence-electron chi connectivity index (χ1n) is 15.7. The Morgan fingerprint density at radius 3 is 1.39 bits per heavy atom. The zero-order valence-electron chi connectivity index (χ0n) is 26.5. The summed E-state index contributed by atoms with van der Waals surface area (Å²) in [6.45, 7) is 5.50. The summed E-state index contributed by atoms with van der Waals surface area (Å²) >= 11 is 0. The van der Waals surface area contributed by atoms with E-state index in [9.17, 15) is 19.2 Å². The number of carbonyl (C=O) groups excluding carboxylic acids is 4. The first-order valence-corrected chi connectivity index (χ1v) is 15.7. The Bertz CT molecular complexity index is 696. The minimum Gasteiger partial charge on any atom is -0.353 e. The number of amides is 3. The highest BCUT2D eigenvalue weighted by Gasteiger charge is 2.22. The molecule has 0 spiro atoms. The Morgan fingerprint density at radius 2 is 0.927 bits per heavy atom. The second-order valence-corrected chi connectivity index (χ2v) is 11.2. The highest BCUT2D eigenvalue weighted by molar-refractivity contribution is 5.81. The molecule has 0 aliphatic carbocycles. The maximum absolute atomic E-state index is 13.1. The predicted octanol–water partition coefficient (Wildman–Crippen LogP) is 1.22. The largest absolute Gasteiger partial charge is 0.353 e. The SMILES string of the molecule is CNCCCCC(CC=O)NC(=O)CC(CCCNC)NC(=O)CC(CCCNC)NC(=O)CC(C)CCCNC. The number of aldehydes is 1. The molecule has 240 valence electrons. The van der Waals surface area contributed by atoms with Crippen molar-refractivity contribution in [1.82, 2.24) is 37.2 Å². The van der Waals surface area contributed by atoms with Crippen LogP contribution in [0.4, 0.5) is 0 Å². The molecule has 0 rings (SSSR count). The highest BCUT2D eigenvalue weighted by atomic mass is 16.2. The minimum absolute atomic E-state index is 0.0231. The topological polar surface area (TPSA) is 152 Å². The first-order chi connectivity index (χ1) is 19.8. The van der Waals surface area contributed by atoms with Crippen LogP contribution in [0.2, 0.25) is 0 Å². The van der Waals surface area contributed by atoms with Crippen molar-refractivity contribution in [2.75, 3.05) is 54.4 Å². The molecule has 11 heteroatoms. The van der Waals surface area contributed by atoms with E-state index in [2.05, 4.69) is 44.1 Å². The summed E-state index contributed by atoms with van der Waals surface area (Å²) in [5.74, 6) is -0.0754. The molecule has 0 fully saturated rings. The van der Waals surface area contributed by atoms with Crippen molar-refractivity contribution in [2.24, 2.45) is 5.92 Å². The number of unbranched alkanes of at least 4 members (excludes halogenated alkanes) is 1. The smallest absolute Gasteiger partial charge is 0.222 e. The van der Waals surface area contributed by atoms with E-state index in [1.165, 1.54) is 0 Å². The van der Waals surface area contributed by atoms with Crippen molar-refractivity contribution in [3.63, 3.8) is 0 Å². The fourth-order valence-electron chi connectivity index (χ4n) is 4.91. The van der Waals surface area contributed by atoms with Gasteiger partial charge in [-0.25, -0.2) is 0 Å². The fourth-order valence-corrected chi connectivity index (χ4v) is 4.91. The summed E-state index contributed by atoms with van der Waals surface area (Å²) < 4.78 is 0. The van der Waals surface area contributed by atoms with Gasteiger partial charge in [-0.2, -0.15) is 0 Å². The molecule has 0 radical (unpaired) electrons. The molecule has 0 saturated carbocycles. The Balaban J connectivity index is 5.11. The van der Waals surface area contributed by atoms with E-state index >= 15 is 0 Å². The van der Waals surface area contributed by atoms with Crippen molar-refractivity contribution in [1.29, 1.82) is 0 Å². The quantitative estimate of drug-likeness (QED) is 0.0537. The lowest BCUT2D eigenvalue weighted by Gasteiger charge is -2.24. The zero-order chi connectivity index (χ0) is 30.7. The summed E-state index contributed by atoms with van der Waals surface area (Å²) in [6.07, 6.45) is 9.53. The molecule has 41 heavy (non-hydrogen) atoms. The average molecular weight is 584 g/mol. The maximum atomic E-state index is 13.1. The van der Waals surface area contributed by atoms with E-state index in [-0.39, 0.29) is 61.0 Å². The third-order valence-electron chi connectivity index (χ3n) is 7.19. The lowest BCUT2D eigenvalue weighted by atomic mass is 10.00. The van der Waals surface area contributed by atoms with Gasteiger partial charge >= 0.3 is 0 Å². The van der Waals surface area contributed by atoms with E-state index in [1.807, 2.05) is 28.2 Å². The summed E-state index contributed by atoms with van der Waals surface area (Å²) in [4.78, 5) is 50.0. The van der Waals surface area contributed by atoms with Crippen LogP contribution in [-0.4, -0.2) is 96.5 Å². The van der Waals surface area contributed by atoms with Gasteiger partial charge in [0.15, 0.2) is 0 Å². The molecule has 0 bridgehead atoms. The van der Waals surface area contributed by atoms with Crippen molar-refractivity contribution in [3.05, 3.63) is 0 Å². The van der Waals surface area contributed by atoms with E-state index in [1.54, 1.807) is 0 Å². The van der Waals surface area contributed by atoms with Crippen LogP contribution in [0.3, 0.4) is 0 Å². The van der Waals surface area contributed by atoms with Gasteiger partial charge in [0.25, 0.3) is 0 Å². The van der Waals surface area contributed by atoms with Gasteiger partial charge in [-0.1, -0.05) is 13.3 Å². The highest BCUT2D eigenvalue weighted by Crippen LogP contribution is 2.12. The van der Waals surface area contributed by atoms with E-state index in [0.717, 1.165) is 77.4 Å². The van der Waals surface area contributed by atoms with Gasteiger partial charge in [0.1, 0.15) is 6.29 Å². The zero-order valence-corrected chi connectivity index (χ0v) is 26.5. The Kier molecular flexibility index (Phi) is 25.4. The van der Waals surface area contributed by atoms with Gasteiger partial charge in [-0.05, 0) is 112 Å². The molecule has 4 atom stereocenters. The number of hydrogen-bond acceptors (Lipinski definition) is 8. The summed E-state index contributed by atoms with van der Waals surface area (Å²) in [7, 11) is 7.59. The first kappa shape index (κ1) is 38.9. The van der Waals surface area contributed by atoms with E-state index < -0.39 is 0 Å². The van der Waals surface area contributed by atoms with Crippen molar-refractivity contribution >= 4 is 24.0 Å². The molecule has 0 aromatic rings. The summed E-state index contributed by atoms with van der Waals surface area (Å²) in [6, 6.07) is -0.780. The van der Waals surface area contributed by atoms with Crippen LogP contribution in [0.25, 0.3) is 0 Å². The van der Waals surface area contributed by atoms with E-state index in [0.29, 0.717) is 19.3 Å². The molecule has 0 aromatic carbocycles. The number of nitrogens with one attached hydrogen (secondary N) is 7. The lowest BCUT2D eigenvalue weighted by Crippen LogP contribution is -2.45. The van der Waals surface area contributed by atoms with Crippen molar-refractivity contribution in [2.45, 2.75) is 109 Å². The minimum atomic E-state index is -0.321. The van der Waals surface area contributed by atoms with Crippen LogP contribution in [0.15, 0.2) is 0 Å². The van der Waals surface area contributed by atoms with Crippen LogP contribution in [-0.2, 0) is 19.2 Å². The van der Waals surface area contributed by atoms with Gasteiger partial charge in [0, 0.05) is 43.8 Å². The van der Waals surface area contributed by atoms with Gasteiger partial charge < -0.3 is 42.0 Å². The summed E-state index contributed by atoms with van der Waals surface area (Å²) in [5.41, 5.74) is 0. The number of carbonyl (C=O) groups is 4. The number of rotatable bonds is 28. The third kappa shape index (κ3) is 23.2. The van der Waals surface area contributed by atoms with Gasteiger partial charge in [0.2, 0.25) is 17.7 Å². The second-order valence-electron chi connectivity index (χ2n) is 11.2. The van der Waals surface area contributed by atoms with Crippen LogP contribution in [0.1, 0.15) is 90.4 Å². The molecule has 3 amide bonds. The molecule has 0 aliphatic heterocycles. The standard InChI is InChI=1S/C30H61N7O4/c1-24(11-8-17-32-3)21-28(39)36-26(13-9-18-33-4)23-30(41)37-27(14-10-19-34-5)22-29(40)35-25(15-20-38)12-6-7-16-31-2/h20,24-27,31-34H,6-19,21-23H2,1-5H3,(H,35,40)(H,36,39)(H,37,41). The molecule has 0 saturated heterocycles. The van der Waals surface area contributed by atoms with Gasteiger partial charge in [-0.3, -0.25) is 14.4 Å². The lowest BCUT2D eigenvalue weighted by molar-refractivity contribution is -0.124. The molecular weight excluding hydrogens is 522 g/mol. The molecule has 0 aliphatic rings. The molecular formula is C30H61N7O4. The normalized spacial score (nSPS) is 14.1. The van der Waals surface area contributed by atoms with Gasteiger partial charge in [0.05, 0.1) is 0 Å². The van der Waals surface area contributed by atoms with Gasteiger partial charge in [-0.15, -0.1) is 0 Å². The molecule has 0 heterocycles. The van der Waals surface area contributed by atoms with E-state index in [4.69, 9.17) is 0 Å².